The first-order chi connectivity index (χ1) is 17.2. The summed E-state index contributed by atoms with van der Waals surface area (Å²) in [4.78, 5) is 30.8. The second-order valence-electron chi connectivity index (χ2n) is 8.89. The lowest BCUT2D eigenvalue weighted by Crippen LogP contribution is -2.68. The van der Waals surface area contributed by atoms with Crippen molar-refractivity contribution in [2.45, 2.75) is 64.0 Å². The molecule has 36 heavy (non-hydrogen) atoms. The van der Waals surface area contributed by atoms with Gasteiger partial charge in [0.2, 0.25) is 5.88 Å². The fourth-order valence-corrected chi connectivity index (χ4v) is 4.22. The van der Waals surface area contributed by atoms with E-state index in [1.807, 2.05) is 44.2 Å². The predicted molar refractivity (Wildman–Crippen MR) is 129 cm³/mol. The van der Waals surface area contributed by atoms with Crippen LogP contribution >= 0.6 is 0 Å². The number of urea groups is 1. The number of alkyl halides is 2. The number of hydrogen-bond acceptors (Lipinski definition) is 5. The number of nitrogens with one attached hydrogen (secondary N) is 1. The second-order valence-corrected chi connectivity index (χ2v) is 8.89. The van der Waals surface area contributed by atoms with Gasteiger partial charge in [-0.3, -0.25) is 0 Å². The van der Waals surface area contributed by atoms with Gasteiger partial charge in [-0.25, -0.2) is 23.4 Å². The third kappa shape index (κ3) is 7.29. The maximum Gasteiger partial charge on any atom is 0.329 e. The lowest BCUT2D eigenvalue weighted by molar-refractivity contribution is -0.175. The summed E-state index contributed by atoms with van der Waals surface area (Å²) in [5.74, 6) is -3.73. The number of unbranched alkanes of at least 4 members (excludes halogenated alkanes) is 1. The van der Waals surface area contributed by atoms with Crippen molar-refractivity contribution in [2.24, 2.45) is 0 Å². The quantitative estimate of drug-likeness (QED) is 0.384. The Morgan fingerprint density at radius 3 is 2.39 bits per heavy atom. The van der Waals surface area contributed by atoms with E-state index in [0.29, 0.717) is 37.0 Å². The monoisotopic (exact) mass is 505 g/mol. The molecule has 1 aliphatic carbocycles. The Balaban J connectivity index is 1.75. The summed E-state index contributed by atoms with van der Waals surface area (Å²) in [5, 5.41) is 11.9. The molecule has 2 aromatic rings. The first-order valence-corrected chi connectivity index (χ1v) is 12.1. The van der Waals surface area contributed by atoms with Crippen LogP contribution in [-0.2, 0) is 17.8 Å². The van der Waals surface area contributed by atoms with Gasteiger partial charge in [-0.2, -0.15) is 0 Å². The number of amides is 2. The largest absolute Gasteiger partial charge is 0.494 e. The SMILES string of the molecule is CCOc1cc(CN(CCCCc2ccccc2)C(=O)NC2(C(=O)O)CC(F)(F)C2)nc(OCC)c1. The van der Waals surface area contributed by atoms with Crippen molar-refractivity contribution in [1.82, 2.24) is 15.2 Å². The Kier molecular flexibility index (Phi) is 9.06. The Labute approximate surface area is 209 Å². The number of halogens is 2. The van der Waals surface area contributed by atoms with Crippen LogP contribution in [0.15, 0.2) is 42.5 Å². The van der Waals surface area contributed by atoms with Crippen LogP contribution in [0.25, 0.3) is 0 Å². The summed E-state index contributed by atoms with van der Waals surface area (Å²) in [5.41, 5.74) is -0.339. The smallest absolute Gasteiger partial charge is 0.329 e. The molecule has 3 rings (SSSR count). The Hall–Kier alpha value is -3.43. The number of hydrogen-bond donors (Lipinski definition) is 2. The number of pyridine rings is 1. The third-order valence-corrected chi connectivity index (χ3v) is 5.93. The van der Waals surface area contributed by atoms with Crippen LogP contribution in [0, 0.1) is 0 Å². The highest BCUT2D eigenvalue weighted by Gasteiger charge is 2.62. The first-order valence-electron chi connectivity index (χ1n) is 12.1. The molecule has 0 radical (unpaired) electrons. The number of ether oxygens (including phenoxy) is 2. The van der Waals surface area contributed by atoms with Crippen LogP contribution < -0.4 is 14.8 Å². The van der Waals surface area contributed by atoms with Crippen molar-refractivity contribution in [3.05, 3.63) is 53.7 Å². The van der Waals surface area contributed by atoms with Crippen LogP contribution in [-0.4, -0.2) is 58.2 Å². The number of carbonyl (C=O) groups excluding carboxylic acids is 1. The molecule has 1 aromatic heterocycles. The van der Waals surface area contributed by atoms with Gasteiger partial charge in [-0.1, -0.05) is 30.3 Å². The zero-order chi connectivity index (χ0) is 26.2. The normalized spacial score (nSPS) is 15.4. The first kappa shape index (κ1) is 27.2. The maximum atomic E-state index is 13.6. The van der Waals surface area contributed by atoms with E-state index < -0.39 is 36.3 Å². The van der Waals surface area contributed by atoms with Crippen molar-refractivity contribution in [2.75, 3.05) is 19.8 Å². The van der Waals surface area contributed by atoms with Crippen molar-refractivity contribution in [3.63, 3.8) is 0 Å². The molecule has 0 aliphatic heterocycles. The summed E-state index contributed by atoms with van der Waals surface area (Å²) < 4.78 is 38.2. The molecule has 1 aromatic carbocycles. The van der Waals surface area contributed by atoms with Gasteiger partial charge in [-0.15, -0.1) is 0 Å². The lowest BCUT2D eigenvalue weighted by atomic mass is 9.73. The van der Waals surface area contributed by atoms with Gasteiger partial charge in [0.05, 0.1) is 25.5 Å². The van der Waals surface area contributed by atoms with E-state index in [0.717, 1.165) is 12.8 Å². The minimum atomic E-state index is -3.12. The fourth-order valence-electron chi connectivity index (χ4n) is 4.22. The minimum absolute atomic E-state index is 0.0320. The zero-order valence-corrected chi connectivity index (χ0v) is 20.6. The number of carboxylic acid groups (broad SMARTS) is 1. The highest BCUT2D eigenvalue weighted by Crippen LogP contribution is 2.45. The molecule has 0 bridgehead atoms. The summed E-state index contributed by atoms with van der Waals surface area (Å²) in [6.07, 6.45) is 0.355. The van der Waals surface area contributed by atoms with Crippen LogP contribution in [0.4, 0.5) is 13.6 Å². The zero-order valence-electron chi connectivity index (χ0n) is 20.6. The van der Waals surface area contributed by atoms with Gasteiger partial charge in [0, 0.05) is 31.5 Å². The Morgan fingerprint density at radius 2 is 1.78 bits per heavy atom. The summed E-state index contributed by atoms with van der Waals surface area (Å²) in [6, 6.07) is 12.5. The van der Waals surface area contributed by atoms with Crippen LogP contribution in [0.5, 0.6) is 11.6 Å². The van der Waals surface area contributed by atoms with Gasteiger partial charge in [0.1, 0.15) is 5.75 Å². The molecule has 2 amide bonds. The molecular weight excluding hydrogens is 472 g/mol. The van der Waals surface area contributed by atoms with Crippen LogP contribution in [0.1, 0.15) is 50.8 Å². The highest BCUT2D eigenvalue weighted by molar-refractivity contribution is 5.87. The molecule has 0 unspecified atom stereocenters. The number of nitrogens with zero attached hydrogens (tertiary/aromatic N) is 2. The van der Waals surface area contributed by atoms with E-state index in [-0.39, 0.29) is 13.1 Å². The van der Waals surface area contributed by atoms with E-state index >= 15 is 0 Å². The summed E-state index contributed by atoms with van der Waals surface area (Å²) >= 11 is 0. The molecule has 2 N–H and O–H groups in total. The minimum Gasteiger partial charge on any atom is -0.494 e. The number of carboxylic acids is 1. The number of aryl methyl sites for hydroxylation is 1. The molecule has 0 atom stereocenters. The molecular formula is C26H33F2N3O5. The maximum absolute atomic E-state index is 13.6. The lowest BCUT2D eigenvalue weighted by Gasteiger charge is -2.44. The Morgan fingerprint density at radius 1 is 1.08 bits per heavy atom. The molecule has 0 spiro atoms. The average molecular weight is 506 g/mol. The molecule has 196 valence electrons. The molecule has 10 heteroatoms. The molecule has 0 saturated heterocycles. The molecule has 1 heterocycles. The highest BCUT2D eigenvalue weighted by atomic mass is 19.3. The van der Waals surface area contributed by atoms with Gasteiger partial charge < -0.3 is 24.8 Å². The molecule has 8 nitrogen and oxygen atoms in total. The van der Waals surface area contributed by atoms with E-state index in [1.54, 1.807) is 12.1 Å². The van der Waals surface area contributed by atoms with Gasteiger partial charge in [0.25, 0.3) is 5.92 Å². The topological polar surface area (TPSA) is 101 Å². The number of aliphatic carboxylic acids is 1. The van der Waals surface area contributed by atoms with Crippen molar-refractivity contribution >= 4 is 12.0 Å². The van der Waals surface area contributed by atoms with Crippen LogP contribution in [0.2, 0.25) is 0 Å². The number of benzene rings is 1. The standard InChI is InChI=1S/C26H33F2N3O5/c1-3-35-21-14-20(29-22(15-21)36-4-2)16-31(13-9-8-12-19-10-6-5-7-11-19)24(34)30-25(23(32)33)17-26(27,28)18-25/h5-7,10-11,14-15H,3-4,8-9,12-13,16-18H2,1-2H3,(H,30,34)(H,32,33). The Bertz CT molecular complexity index is 1000. The molecule has 1 aliphatic rings. The van der Waals surface area contributed by atoms with E-state index in [2.05, 4.69) is 10.3 Å². The summed E-state index contributed by atoms with van der Waals surface area (Å²) in [6.45, 7) is 4.79. The predicted octanol–water partition coefficient (Wildman–Crippen LogP) is 4.67. The third-order valence-electron chi connectivity index (χ3n) is 5.93. The summed E-state index contributed by atoms with van der Waals surface area (Å²) in [7, 11) is 0. The van der Waals surface area contributed by atoms with Crippen LogP contribution in [0.3, 0.4) is 0 Å². The van der Waals surface area contributed by atoms with E-state index in [9.17, 15) is 23.5 Å². The number of rotatable bonds is 13. The number of carbonyl (C=O) groups is 2. The molecule has 1 fully saturated rings. The van der Waals surface area contributed by atoms with Crippen molar-refractivity contribution in [3.8, 4) is 11.6 Å². The fraction of sp³-hybridized carbons (Fsp3) is 0.500. The van der Waals surface area contributed by atoms with E-state index in [4.69, 9.17) is 9.47 Å². The van der Waals surface area contributed by atoms with Crippen molar-refractivity contribution < 1.29 is 33.0 Å². The van der Waals surface area contributed by atoms with Crippen molar-refractivity contribution in [1.29, 1.82) is 0 Å². The average Bonchev–Trinajstić information content (AvgIpc) is 2.80. The van der Waals surface area contributed by atoms with Gasteiger partial charge in [0.15, 0.2) is 5.54 Å². The second kappa shape index (κ2) is 12.0. The van der Waals surface area contributed by atoms with E-state index in [1.165, 1.54) is 10.5 Å². The van der Waals surface area contributed by atoms with Gasteiger partial charge in [-0.05, 0) is 38.7 Å². The molecule has 1 saturated carbocycles. The van der Waals surface area contributed by atoms with Gasteiger partial charge >= 0.3 is 12.0 Å². The number of aromatic nitrogens is 1.